The van der Waals surface area contributed by atoms with Crippen molar-refractivity contribution < 1.29 is 62.7 Å². The quantitative estimate of drug-likeness (QED) is 0.136. The van der Waals surface area contributed by atoms with Crippen LogP contribution in [0.15, 0.2) is 23.2 Å². The minimum absolute atomic E-state index is 0.117. The molecule has 1 fully saturated rings. The van der Waals surface area contributed by atoms with E-state index in [1.165, 1.54) is 18.2 Å². The van der Waals surface area contributed by atoms with Gasteiger partial charge in [0.05, 0.1) is 47.7 Å². The monoisotopic (exact) mass is 887 g/mol. The summed E-state index contributed by atoms with van der Waals surface area (Å²) in [4.78, 5) is 127. The molecular weight excluding hydrogens is 835 g/mol. The molecule has 11 N–H and O–H groups in total. The number of hydrogen-bond acceptors (Lipinski definition) is 12. The van der Waals surface area contributed by atoms with E-state index in [9.17, 15) is 62.7 Å². The van der Waals surface area contributed by atoms with Gasteiger partial charge < -0.3 is 62.4 Å². The number of carbonyl (C=O) groups is 9. The normalized spacial score (nSPS) is 28.5. The topological polar surface area (TPSA) is 335 Å². The molecule has 0 radical (unpaired) electrons. The average molecular weight is 888 g/mol. The number of aromatic hydroxyl groups is 1. The van der Waals surface area contributed by atoms with Gasteiger partial charge in [-0.25, -0.2) is 0 Å². The first-order chi connectivity index (χ1) is 29.3. The molecule has 338 valence electrons. The molecule has 22 nitrogen and oxygen atoms in total. The number of carboxylic acids is 1. The Bertz CT molecular complexity index is 2150. The number of phenols is 1. The van der Waals surface area contributed by atoms with Crippen molar-refractivity contribution in [2.24, 2.45) is 11.8 Å². The minimum Gasteiger partial charge on any atom is -0.508 e. The molecule has 2 aromatic rings. The largest absolute Gasteiger partial charge is 0.508 e. The Morgan fingerprint density at radius 1 is 0.806 bits per heavy atom. The van der Waals surface area contributed by atoms with Crippen LogP contribution in [0.3, 0.4) is 0 Å². The highest BCUT2D eigenvalue weighted by molar-refractivity contribution is 7.85. The molecule has 8 amide bonds. The van der Waals surface area contributed by atoms with Gasteiger partial charge in [0.15, 0.2) is 0 Å². The molecule has 3 aliphatic rings. The summed E-state index contributed by atoms with van der Waals surface area (Å²) in [6.07, 6.45) is -2.34. The first-order valence-corrected chi connectivity index (χ1v) is 21.6. The third kappa shape index (κ3) is 11.0. The van der Waals surface area contributed by atoms with E-state index in [1.54, 1.807) is 27.7 Å². The van der Waals surface area contributed by atoms with Gasteiger partial charge in [-0.3, -0.25) is 47.4 Å². The van der Waals surface area contributed by atoms with Gasteiger partial charge in [0.25, 0.3) is 0 Å². The Kier molecular flexibility index (Phi) is 15.3. The average Bonchev–Trinajstić information content (AvgIpc) is 3.80. The summed E-state index contributed by atoms with van der Waals surface area (Å²) in [6, 6.07) is -5.22. The predicted molar refractivity (Wildman–Crippen MR) is 218 cm³/mol. The van der Waals surface area contributed by atoms with Crippen LogP contribution in [0.5, 0.6) is 5.75 Å². The Morgan fingerprint density at radius 2 is 1.44 bits per heavy atom. The lowest BCUT2D eigenvalue weighted by Gasteiger charge is -2.31. The van der Waals surface area contributed by atoms with Crippen LogP contribution in [0.2, 0.25) is 0 Å². The van der Waals surface area contributed by atoms with E-state index in [4.69, 9.17) is 0 Å². The molecule has 3 aliphatic heterocycles. The number of rotatable bonds is 6. The summed E-state index contributed by atoms with van der Waals surface area (Å²) < 4.78 is 14.5. The van der Waals surface area contributed by atoms with Crippen molar-refractivity contribution in [3.05, 3.63) is 23.8 Å². The summed E-state index contributed by atoms with van der Waals surface area (Å²) in [5.41, 5.74) is 0.368. The van der Waals surface area contributed by atoms with Crippen molar-refractivity contribution in [1.82, 2.24) is 47.1 Å². The lowest BCUT2D eigenvalue weighted by atomic mass is 9.96. The van der Waals surface area contributed by atoms with Gasteiger partial charge in [-0.15, -0.1) is 0 Å². The third-order valence-corrected chi connectivity index (χ3v) is 12.8. The molecule has 0 aliphatic carbocycles. The van der Waals surface area contributed by atoms with Crippen molar-refractivity contribution in [3.8, 4) is 5.75 Å². The number of fused-ring (bicyclic) bond motifs is 5. The number of hydrogen-bond donors (Lipinski definition) is 11. The number of nitrogens with one attached hydrogen (secondary N) is 8. The maximum atomic E-state index is 14.5. The number of aromatic amines is 1. The second-order valence-corrected chi connectivity index (χ2v) is 17.3. The summed E-state index contributed by atoms with van der Waals surface area (Å²) in [6.45, 7) is 4.90. The van der Waals surface area contributed by atoms with E-state index in [1.807, 2.05) is 0 Å². The molecule has 0 spiro atoms. The van der Waals surface area contributed by atoms with Gasteiger partial charge in [-0.2, -0.15) is 0 Å². The van der Waals surface area contributed by atoms with Crippen LogP contribution in [0.1, 0.15) is 58.9 Å². The highest BCUT2D eigenvalue weighted by Crippen LogP contribution is 2.30. The number of nitrogens with zero attached hydrogens (tertiary/aromatic N) is 1. The summed E-state index contributed by atoms with van der Waals surface area (Å²) in [5.74, 6) is -11.1. The van der Waals surface area contributed by atoms with Crippen LogP contribution in [0.25, 0.3) is 10.9 Å². The van der Waals surface area contributed by atoms with Crippen LogP contribution >= 0.6 is 0 Å². The highest BCUT2D eigenvalue weighted by atomic mass is 32.2. The zero-order valence-electron chi connectivity index (χ0n) is 34.6. The van der Waals surface area contributed by atoms with Crippen LogP contribution in [-0.4, -0.2) is 150 Å². The van der Waals surface area contributed by atoms with E-state index in [-0.39, 0.29) is 28.3 Å². The SMILES string of the molecule is CCC(C)[C@@H]1NC(=O)CNC(=O)[C@@H]2Cc3c([nH]c4cc(O)ccc34)S(=O)C[C@H](NC(=O)CNC1=O)C(=O)N[C@@H](CC(=O)O)C(=O)N1C[C@H](O)C[C@H]1C(=O)NC([C@@H](C)CC)C(=O)N2. The standard InChI is InChI=1S/C39H53N9O13S/c1-5-17(3)31-36(58)41-13-28(51)42-26-16-62(61)38-22(21-8-7-19(49)9-23(21)45-38)11-24(33(55)40-14-29(52)46-31)43-37(59)32(18(4)6-2)47-35(57)27-10-20(50)15-48(27)39(60)25(12-30(53)54)44-34(26)56/h7-9,17-18,20,24-27,31-32,45,49-50H,5-6,10-16H2,1-4H3,(H,40,55)(H,41,58)(H,42,51)(H,43,59)(H,44,56)(H,46,52)(H,47,57)(H,53,54)/t17?,18-,20+,24-,25-,26-,27-,31-,32?,62?/m0/s1. The summed E-state index contributed by atoms with van der Waals surface area (Å²) in [5, 5.41) is 48.4. The number of H-pyrrole nitrogens is 1. The second kappa shape index (κ2) is 20.2. The van der Waals surface area contributed by atoms with E-state index in [0.717, 1.165) is 4.90 Å². The Morgan fingerprint density at radius 3 is 2.08 bits per heavy atom. The number of benzene rings is 1. The first-order valence-electron chi connectivity index (χ1n) is 20.3. The van der Waals surface area contributed by atoms with Crippen LogP contribution in [-0.2, 0) is 60.4 Å². The van der Waals surface area contributed by atoms with Crippen LogP contribution in [0.4, 0.5) is 0 Å². The van der Waals surface area contributed by atoms with Gasteiger partial charge in [-0.1, -0.05) is 40.5 Å². The van der Waals surface area contributed by atoms with Gasteiger partial charge in [0.2, 0.25) is 47.3 Å². The van der Waals surface area contributed by atoms with Crippen molar-refractivity contribution in [2.75, 3.05) is 25.4 Å². The van der Waals surface area contributed by atoms with Crippen molar-refractivity contribution in [1.29, 1.82) is 0 Å². The fourth-order valence-corrected chi connectivity index (χ4v) is 8.95. The number of carbonyl (C=O) groups excluding carboxylic acids is 8. The van der Waals surface area contributed by atoms with Crippen LogP contribution in [0, 0.1) is 11.8 Å². The minimum atomic E-state index is -2.34. The van der Waals surface area contributed by atoms with Gasteiger partial charge in [0.1, 0.15) is 47.0 Å². The highest BCUT2D eigenvalue weighted by Gasteiger charge is 2.44. The van der Waals surface area contributed by atoms with Crippen molar-refractivity contribution in [2.45, 2.75) is 107 Å². The lowest BCUT2D eigenvalue weighted by molar-refractivity contribution is -0.146. The molecule has 0 saturated carbocycles. The Balaban J connectivity index is 1.72. The number of aliphatic hydroxyl groups is 1. The van der Waals surface area contributed by atoms with Gasteiger partial charge in [-0.05, 0) is 29.5 Å². The van der Waals surface area contributed by atoms with Gasteiger partial charge >= 0.3 is 5.97 Å². The molecular formula is C39H53N9O13S. The lowest BCUT2D eigenvalue weighted by Crippen LogP contribution is -2.61. The number of aromatic nitrogens is 1. The fraction of sp³-hybridized carbons (Fsp3) is 0.564. The maximum absolute atomic E-state index is 14.5. The third-order valence-electron chi connectivity index (χ3n) is 11.4. The smallest absolute Gasteiger partial charge is 0.305 e. The molecule has 1 aromatic heterocycles. The molecule has 10 atom stereocenters. The number of aliphatic hydroxyl groups excluding tert-OH is 1. The molecule has 1 saturated heterocycles. The zero-order valence-corrected chi connectivity index (χ0v) is 35.4. The molecule has 62 heavy (non-hydrogen) atoms. The van der Waals surface area contributed by atoms with Crippen LogP contribution < -0.4 is 37.2 Å². The molecule has 23 heteroatoms. The van der Waals surface area contributed by atoms with E-state index in [0.29, 0.717) is 18.2 Å². The molecule has 3 unspecified atom stereocenters. The van der Waals surface area contributed by atoms with E-state index < -0.39 is 156 Å². The summed E-state index contributed by atoms with van der Waals surface area (Å²) >= 11 is 0. The molecule has 2 bridgehead atoms. The summed E-state index contributed by atoms with van der Waals surface area (Å²) in [7, 11) is -2.34. The van der Waals surface area contributed by atoms with E-state index >= 15 is 0 Å². The number of carboxylic acid groups (broad SMARTS) is 1. The fourth-order valence-electron chi connectivity index (χ4n) is 7.55. The second-order valence-electron chi connectivity index (χ2n) is 15.9. The first kappa shape index (κ1) is 47.0. The molecule has 5 rings (SSSR count). The van der Waals surface area contributed by atoms with Crippen molar-refractivity contribution >= 4 is 74.9 Å². The van der Waals surface area contributed by atoms with E-state index in [2.05, 4.69) is 42.2 Å². The number of phenolic OH excluding ortho intramolecular Hbond substituents is 1. The molecule has 4 heterocycles. The maximum Gasteiger partial charge on any atom is 0.305 e. The van der Waals surface area contributed by atoms with Crippen molar-refractivity contribution in [3.63, 3.8) is 0 Å². The zero-order chi connectivity index (χ0) is 45.6. The van der Waals surface area contributed by atoms with Gasteiger partial charge in [0, 0.05) is 30.8 Å². The predicted octanol–water partition coefficient (Wildman–Crippen LogP) is -3.26. The number of amides is 8. The Hall–Kier alpha value is -6.10. The Labute approximate surface area is 357 Å². The number of aliphatic carboxylic acids is 1. The molecule has 1 aromatic carbocycles.